The number of ether oxygens (including phenoxy) is 6. The molecule has 2 aliphatic heterocycles. The molecule has 0 unspecified atom stereocenters. The number of aliphatic hydroxyl groups excluding tert-OH is 2. The van der Waals surface area contributed by atoms with Crippen LogP contribution >= 0.6 is 0 Å². The molecule has 0 aromatic heterocycles. The van der Waals surface area contributed by atoms with Crippen LogP contribution < -0.4 is 10.1 Å². The van der Waals surface area contributed by atoms with Crippen molar-refractivity contribution in [1.29, 1.82) is 0 Å². The first-order chi connectivity index (χ1) is 30.1. The van der Waals surface area contributed by atoms with Crippen LogP contribution in [0.1, 0.15) is 93.6 Å². The Balaban J connectivity index is 1.40. The Morgan fingerprint density at radius 1 is 0.828 bits per heavy atom. The molecular formula is C48H53NO15. The van der Waals surface area contributed by atoms with E-state index in [4.69, 9.17) is 28.4 Å². The van der Waals surface area contributed by atoms with E-state index in [1.54, 1.807) is 60.7 Å². The molecule has 4 N–H and O–H groups in total. The van der Waals surface area contributed by atoms with E-state index in [1.165, 1.54) is 66.0 Å². The number of hydrogen-bond acceptors (Lipinski definition) is 15. The van der Waals surface area contributed by atoms with Crippen molar-refractivity contribution in [3.63, 3.8) is 0 Å². The highest BCUT2D eigenvalue weighted by Crippen LogP contribution is 2.67. The minimum atomic E-state index is -2.75. The van der Waals surface area contributed by atoms with Crippen molar-refractivity contribution in [2.24, 2.45) is 16.7 Å². The highest BCUT2D eigenvalue weighted by Gasteiger charge is 2.82. The number of Topliss-reactive ketones (excluding diaryl/α,β-unsaturated/α-hetero) is 1. The Hall–Kier alpha value is -5.94. The molecule has 8 rings (SSSR count). The standard InChI is InChI=1S/C48H53NO15/c1-25-32(60-42(56)36(53)35(28-15-11-9-12-16-28)49-40(54)29-19-21-31(59-8)22-20-29)24-47(58)39(61-41(55)30-17-13-10-14-18-30)38-45(6)33(52)23-34(46(38,7)62-26(2)50)64-48(43(45)57,63-27(3)51)37(25)44(47,4)5/h9-22,32-36,38-39,52-53,58H,23-24H2,1-8H3,(H,49,54)/t32-,33-,34+,35-,36+,38-,39-,45+,46-,47+,48-/m0/s1. The third kappa shape index (κ3) is 7.25. The molecule has 3 aliphatic carbocycles. The summed E-state index contributed by atoms with van der Waals surface area (Å²) in [6.07, 6.45) is -9.45. The van der Waals surface area contributed by atoms with E-state index in [0.717, 1.165) is 13.8 Å². The van der Waals surface area contributed by atoms with Crippen LogP contribution in [0.2, 0.25) is 0 Å². The van der Waals surface area contributed by atoms with Crippen LogP contribution in [0.3, 0.4) is 0 Å². The summed E-state index contributed by atoms with van der Waals surface area (Å²) in [4.78, 5) is 84.4. The number of rotatable bonds is 11. The molecule has 1 amide bonds. The topological polar surface area (TPSA) is 231 Å². The molecule has 340 valence electrons. The summed E-state index contributed by atoms with van der Waals surface area (Å²) in [5.41, 5.74) is -7.88. The Bertz CT molecular complexity index is 2380. The number of esters is 4. The maximum atomic E-state index is 15.7. The van der Waals surface area contributed by atoms with Gasteiger partial charge in [0.1, 0.15) is 35.3 Å². The summed E-state index contributed by atoms with van der Waals surface area (Å²) in [6.45, 7) is 9.49. The summed E-state index contributed by atoms with van der Waals surface area (Å²) in [7, 11) is 1.47. The lowest BCUT2D eigenvalue weighted by atomic mass is 9.46. The fraction of sp³-hybridized carbons (Fsp3) is 0.458. The fourth-order valence-corrected chi connectivity index (χ4v) is 10.7. The Morgan fingerprint density at radius 3 is 2.00 bits per heavy atom. The zero-order valence-electron chi connectivity index (χ0n) is 36.8. The highest BCUT2D eigenvalue weighted by molar-refractivity contribution is 5.99. The largest absolute Gasteiger partial charge is 0.497 e. The first kappa shape index (κ1) is 46.1. The number of amides is 1. The molecule has 11 atom stereocenters. The number of hydrogen-bond donors (Lipinski definition) is 4. The SMILES string of the molecule is COc1ccc(C(=O)N[C@@H](c2ccccc2)[C@@H](O)C(=O)O[C@H]2C[C@@]3(O)[C@@H](OC(=O)c4ccccc4)[C@@H]4[C@@](C)(OC(C)=O)[C@H]5C[C@H](O)[C@@]4(C)C(=O)[C@@](OC(C)=O)(O5)C(=C2C)C3(C)C)cc1. The molecule has 2 heterocycles. The van der Waals surface area contributed by atoms with Crippen molar-refractivity contribution in [1.82, 2.24) is 5.32 Å². The number of methoxy groups -OCH3 is 1. The zero-order valence-corrected chi connectivity index (χ0v) is 36.8. The van der Waals surface area contributed by atoms with Crippen LogP contribution in [-0.4, -0.2) is 106 Å². The van der Waals surface area contributed by atoms with Gasteiger partial charge in [-0.1, -0.05) is 62.4 Å². The number of fused-ring (bicyclic) bond motifs is 3. The van der Waals surface area contributed by atoms with Crippen molar-refractivity contribution in [3.05, 3.63) is 113 Å². The summed E-state index contributed by atoms with van der Waals surface area (Å²) in [6, 6.07) is 20.7. The second kappa shape index (κ2) is 16.6. The molecule has 0 radical (unpaired) electrons. The van der Waals surface area contributed by atoms with E-state index in [0.29, 0.717) is 11.3 Å². The Morgan fingerprint density at radius 2 is 1.42 bits per heavy atom. The zero-order chi connectivity index (χ0) is 46.7. The van der Waals surface area contributed by atoms with E-state index < -0.39 is 112 Å². The molecule has 4 fully saturated rings. The number of carbonyl (C=O) groups is 6. The van der Waals surface area contributed by atoms with Crippen LogP contribution in [0.4, 0.5) is 0 Å². The quantitative estimate of drug-likeness (QED) is 0.121. The lowest BCUT2D eigenvalue weighted by molar-refractivity contribution is -0.266. The van der Waals surface area contributed by atoms with E-state index in [-0.39, 0.29) is 28.7 Å². The van der Waals surface area contributed by atoms with Gasteiger partial charge in [-0.2, -0.15) is 0 Å². The maximum Gasteiger partial charge on any atom is 0.338 e. The molecule has 3 aromatic carbocycles. The number of nitrogens with one attached hydrogen (secondary N) is 1. The lowest BCUT2D eigenvalue weighted by Gasteiger charge is -2.62. The first-order valence-electron chi connectivity index (χ1n) is 20.9. The molecule has 6 bridgehead atoms. The molecule has 16 heteroatoms. The van der Waals surface area contributed by atoms with Crippen molar-refractivity contribution in [2.45, 2.75) is 115 Å². The van der Waals surface area contributed by atoms with Crippen LogP contribution in [0.5, 0.6) is 5.75 Å². The van der Waals surface area contributed by atoms with Gasteiger partial charge in [-0.3, -0.25) is 19.2 Å². The van der Waals surface area contributed by atoms with E-state index in [2.05, 4.69) is 5.32 Å². The summed E-state index contributed by atoms with van der Waals surface area (Å²) in [5.74, 6) is -9.58. The molecule has 0 spiro atoms. The third-order valence-corrected chi connectivity index (χ3v) is 13.8. The molecule has 2 saturated carbocycles. The number of ketones is 1. The molecule has 16 nitrogen and oxygen atoms in total. The second-order valence-corrected chi connectivity index (χ2v) is 17.9. The summed E-state index contributed by atoms with van der Waals surface area (Å²) < 4.78 is 36.5. The van der Waals surface area contributed by atoms with Gasteiger partial charge in [-0.25, -0.2) is 9.59 Å². The van der Waals surface area contributed by atoms with Crippen molar-refractivity contribution >= 4 is 35.6 Å². The molecule has 5 aliphatic rings. The van der Waals surface area contributed by atoms with Gasteiger partial charge in [0.05, 0.1) is 36.2 Å². The van der Waals surface area contributed by atoms with E-state index >= 15 is 4.79 Å². The second-order valence-electron chi connectivity index (χ2n) is 17.9. The van der Waals surface area contributed by atoms with E-state index in [1.807, 2.05) is 0 Å². The van der Waals surface area contributed by atoms with Crippen LogP contribution in [0.15, 0.2) is 96.1 Å². The van der Waals surface area contributed by atoms with Gasteiger partial charge in [0.2, 0.25) is 5.78 Å². The van der Waals surface area contributed by atoms with Crippen LogP contribution in [0.25, 0.3) is 0 Å². The van der Waals surface area contributed by atoms with Crippen molar-refractivity contribution in [3.8, 4) is 5.75 Å². The van der Waals surface area contributed by atoms with Crippen LogP contribution in [0, 0.1) is 16.7 Å². The molecule has 64 heavy (non-hydrogen) atoms. The van der Waals surface area contributed by atoms with Gasteiger partial charge >= 0.3 is 23.9 Å². The smallest absolute Gasteiger partial charge is 0.338 e. The average molecular weight is 884 g/mol. The normalized spacial score (nSPS) is 32.2. The maximum absolute atomic E-state index is 15.7. The van der Waals surface area contributed by atoms with E-state index in [9.17, 15) is 39.3 Å². The minimum absolute atomic E-state index is 0.0546. The molecular weight excluding hydrogens is 831 g/mol. The van der Waals surface area contributed by atoms with Crippen LogP contribution in [-0.2, 0) is 42.9 Å². The lowest BCUT2D eigenvalue weighted by Crippen LogP contribution is -2.76. The average Bonchev–Trinajstić information content (AvgIpc) is 3.35. The molecule has 3 aromatic rings. The van der Waals surface area contributed by atoms with Crippen molar-refractivity contribution < 1.29 is 72.5 Å². The van der Waals surface area contributed by atoms with Gasteiger partial charge < -0.3 is 49.1 Å². The van der Waals surface area contributed by atoms with Gasteiger partial charge in [0.25, 0.3) is 11.7 Å². The fourth-order valence-electron chi connectivity index (χ4n) is 10.7. The van der Waals surface area contributed by atoms with Crippen molar-refractivity contribution in [2.75, 3.05) is 7.11 Å². The summed E-state index contributed by atoms with van der Waals surface area (Å²) >= 11 is 0. The van der Waals surface area contributed by atoms with Gasteiger partial charge in [-0.05, 0) is 68.3 Å². The Labute approximate surface area is 369 Å². The monoisotopic (exact) mass is 883 g/mol. The number of aliphatic hydroxyl groups is 3. The third-order valence-electron chi connectivity index (χ3n) is 13.8. The number of benzene rings is 3. The highest BCUT2D eigenvalue weighted by atomic mass is 16.7. The molecule has 2 saturated heterocycles. The van der Waals surface area contributed by atoms with Gasteiger partial charge in [0.15, 0.2) is 6.10 Å². The minimum Gasteiger partial charge on any atom is -0.497 e. The first-order valence-corrected chi connectivity index (χ1v) is 20.9. The van der Waals surface area contributed by atoms with Gasteiger partial charge in [-0.15, -0.1) is 0 Å². The van der Waals surface area contributed by atoms with Gasteiger partial charge in [0, 0.05) is 43.2 Å². The predicted molar refractivity (Wildman–Crippen MR) is 224 cm³/mol. The predicted octanol–water partition coefficient (Wildman–Crippen LogP) is 4.09. The summed E-state index contributed by atoms with van der Waals surface area (Å²) in [5, 5.41) is 40.4. The Kier molecular flexibility index (Phi) is 11.9. The number of carbonyl (C=O) groups excluding carboxylic acids is 6.